The van der Waals surface area contributed by atoms with Crippen molar-refractivity contribution in [1.29, 1.82) is 0 Å². The van der Waals surface area contributed by atoms with Gasteiger partial charge in [-0.2, -0.15) is 0 Å². The zero-order valence-corrected chi connectivity index (χ0v) is 38.7. The Balaban J connectivity index is 0.872. The molecule has 0 saturated carbocycles. The average molecular weight is 915 g/mol. The molecule has 15 aromatic rings. The highest BCUT2D eigenvalue weighted by molar-refractivity contribution is 6.22. The molecular weight excluding hydrogens is 877 g/mol. The Morgan fingerprint density at radius 1 is 0.333 bits per heavy atom. The molecule has 0 N–H and O–H groups in total. The molecule has 4 heterocycles. The molecule has 4 heteroatoms. The molecule has 0 bridgehead atoms. The van der Waals surface area contributed by atoms with Crippen molar-refractivity contribution >= 4 is 81.7 Å². The van der Waals surface area contributed by atoms with Crippen LogP contribution in [0.2, 0.25) is 0 Å². The molecule has 0 aliphatic heterocycles. The fraction of sp³-hybridized carbons (Fsp3) is 0.0147. The maximum Gasteiger partial charge on any atom is 0.263 e. The number of furan rings is 1. The van der Waals surface area contributed by atoms with Crippen molar-refractivity contribution in [3.63, 3.8) is 0 Å². The minimum Gasteiger partial charge on any atom is -0.456 e. The van der Waals surface area contributed by atoms with Crippen LogP contribution in [0, 0.1) is 0 Å². The standard InChI is InChI=1S/C68H38N2O2/c71-67-50-31-28-40(39-14-2-1-3-15-39)34-51(50)48-21-12-22-49-53-35-41(29-32-61(53)70(67)66(48)49)43-20-13-27-64-65(43)55-36-42(30-33-63(55)72-64)69-60-26-11-7-19-47(60)54-37-59-52(38-62(54)69)46-18-6-10-25-58(46)68(59)56-23-8-4-16-44(56)45-17-5-9-24-57(45)68/h1-38H. The number of nitrogens with zero attached hydrogens (tertiary/aromatic N) is 2. The molecule has 11 aromatic carbocycles. The van der Waals surface area contributed by atoms with Crippen molar-refractivity contribution in [2.75, 3.05) is 0 Å². The lowest BCUT2D eigenvalue weighted by Gasteiger charge is -2.30. The van der Waals surface area contributed by atoms with Gasteiger partial charge in [0.1, 0.15) is 11.2 Å². The third kappa shape index (κ3) is 4.70. The van der Waals surface area contributed by atoms with Crippen molar-refractivity contribution in [3.05, 3.63) is 263 Å². The van der Waals surface area contributed by atoms with Gasteiger partial charge in [0.05, 0.1) is 27.5 Å². The third-order valence-electron chi connectivity index (χ3n) is 16.5. The quantitative estimate of drug-likeness (QED) is 0.166. The molecule has 0 unspecified atom stereocenters. The monoisotopic (exact) mass is 914 g/mol. The van der Waals surface area contributed by atoms with Crippen LogP contribution in [-0.4, -0.2) is 8.97 Å². The van der Waals surface area contributed by atoms with E-state index >= 15 is 0 Å². The van der Waals surface area contributed by atoms with Crippen LogP contribution < -0.4 is 5.56 Å². The molecular formula is C68H38N2O2. The molecule has 0 fully saturated rings. The minimum absolute atomic E-state index is 0.000507. The van der Waals surface area contributed by atoms with Gasteiger partial charge in [-0.15, -0.1) is 0 Å². The summed E-state index contributed by atoms with van der Waals surface area (Å²) in [6.45, 7) is 0. The summed E-state index contributed by atoms with van der Waals surface area (Å²) in [5.41, 5.74) is 21.4. The lowest BCUT2D eigenvalue weighted by atomic mass is 9.70. The smallest absolute Gasteiger partial charge is 0.263 e. The molecule has 0 saturated heterocycles. The molecule has 0 amide bonds. The first-order chi connectivity index (χ1) is 35.6. The third-order valence-corrected chi connectivity index (χ3v) is 16.5. The largest absolute Gasteiger partial charge is 0.456 e. The molecule has 2 aliphatic rings. The van der Waals surface area contributed by atoms with E-state index < -0.39 is 5.41 Å². The fourth-order valence-electron chi connectivity index (χ4n) is 13.6. The molecule has 332 valence electrons. The van der Waals surface area contributed by atoms with Gasteiger partial charge in [0.25, 0.3) is 5.56 Å². The highest BCUT2D eigenvalue weighted by atomic mass is 16.3. The molecule has 17 rings (SSSR count). The summed E-state index contributed by atoms with van der Waals surface area (Å²) in [7, 11) is 0. The molecule has 2 aliphatic carbocycles. The number of pyridine rings is 1. The van der Waals surface area contributed by atoms with E-state index in [9.17, 15) is 4.79 Å². The zero-order valence-electron chi connectivity index (χ0n) is 38.7. The highest BCUT2D eigenvalue weighted by Gasteiger charge is 2.51. The van der Waals surface area contributed by atoms with Gasteiger partial charge >= 0.3 is 0 Å². The van der Waals surface area contributed by atoms with Gasteiger partial charge in [-0.05, 0) is 139 Å². The van der Waals surface area contributed by atoms with Crippen LogP contribution >= 0.6 is 0 Å². The summed E-state index contributed by atoms with van der Waals surface area (Å²) < 4.78 is 11.1. The lowest BCUT2D eigenvalue weighted by Crippen LogP contribution is -2.25. The maximum absolute atomic E-state index is 14.6. The van der Waals surface area contributed by atoms with Crippen LogP contribution in [0.3, 0.4) is 0 Å². The lowest BCUT2D eigenvalue weighted by molar-refractivity contribution is 0.669. The Bertz CT molecular complexity index is 4910. The van der Waals surface area contributed by atoms with E-state index in [1.807, 2.05) is 16.5 Å². The van der Waals surface area contributed by atoms with E-state index in [1.54, 1.807) is 0 Å². The number of para-hydroxylation sites is 2. The first-order valence-corrected chi connectivity index (χ1v) is 24.8. The van der Waals surface area contributed by atoms with Gasteiger partial charge < -0.3 is 8.98 Å². The van der Waals surface area contributed by atoms with Crippen LogP contribution in [0.15, 0.2) is 240 Å². The second kappa shape index (κ2) is 13.6. The fourth-order valence-corrected chi connectivity index (χ4v) is 13.6. The first kappa shape index (κ1) is 38.4. The molecule has 72 heavy (non-hydrogen) atoms. The summed E-state index contributed by atoms with van der Waals surface area (Å²) in [5, 5.41) is 9.43. The Hall–Kier alpha value is -9.51. The van der Waals surface area contributed by atoms with Crippen LogP contribution in [0.25, 0.3) is 132 Å². The predicted molar refractivity (Wildman–Crippen MR) is 296 cm³/mol. The van der Waals surface area contributed by atoms with E-state index in [0.717, 1.165) is 88.0 Å². The molecule has 4 aromatic heterocycles. The molecule has 4 nitrogen and oxygen atoms in total. The zero-order chi connectivity index (χ0) is 47.0. The van der Waals surface area contributed by atoms with Gasteiger partial charge in [0.2, 0.25) is 0 Å². The van der Waals surface area contributed by atoms with Gasteiger partial charge in [-0.25, -0.2) is 0 Å². The van der Waals surface area contributed by atoms with Gasteiger partial charge in [-0.3, -0.25) is 9.20 Å². The Morgan fingerprint density at radius 3 is 1.75 bits per heavy atom. The summed E-state index contributed by atoms with van der Waals surface area (Å²) in [6, 6.07) is 83.6. The van der Waals surface area contributed by atoms with Crippen LogP contribution in [0.4, 0.5) is 0 Å². The minimum atomic E-state index is -0.426. The van der Waals surface area contributed by atoms with Crippen LogP contribution in [0.1, 0.15) is 22.3 Å². The van der Waals surface area contributed by atoms with Crippen molar-refractivity contribution in [2.45, 2.75) is 5.41 Å². The van der Waals surface area contributed by atoms with Gasteiger partial charge in [-0.1, -0.05) is 164 Å². The second-order valence-electron chi connectivity index (χ2n) is 19.8. The number of hydrogen-bond acceptors (Lipinski definition) is 2. The van der Waals surface area contributed by atoms with E-state index in [1.165, 1.54) is 60.8 Å². The normalized spacial score (nSPS) is 13.4. The molecule has 0 radical (unpaired) electrons. The predicted octanol–water partition coefficient (Wildman–Crippen LogP) is 16.9. The molecule has 0 atom stereocenters. The van der Waals surface area contributed by atoms with E-state index in [-0.39, 0.29) is 5.56 Å². The summed E-state index contributed by atoms with van der Waals surface area (Å²) in [4.78, 5) is 14.6. The maximum atomic E-state index is 14.6. The van der Waals surface area contributed by atoms with Gasteiger partial charge in [0, 0.05) is 48.8 Å². The summed E-state index contributed by atoms with van der Waals surface area (Å²) >= 11 is 0. The first-order valence-electron chi connectivity index (χ1n) is 24.8. The van der Waals surface area contributed by atoms with Crippen LogP contribution in [-0.2, 0) is 5.41 Å². The topological polar surface area (TPSA) is 39.5 Å². The highest BCUT2D eigenvalue weighted by Crippen LogP contribution is 2.63. The van der Waals surface area contributed by atoms with Crippen molar-refractivity contribution in [2.24, 2.45) is 0 Å². The van der Waals surface area contributed by atoms with E-state index in [4.69, 9.17) is 4.42 Å². The average Bonchev–Trinajstić information content (AvgIpc) is 4.23. The summed E-state index contributed by atoms with van der Waals surface area (Å²) in [6.07, 6.45) is 0. The number of aromatic nitrogens is 2. The van der Waals surface area contributed by atoms with E-state index in [2.05, 4.69) is 223 Å². The Kier molecular flexibility index (Phi) is 7.26. The number of hydrogen-bond donors (Lipinski definition) is 0. The van der Waals surface area contributed by atoms with Crippen molar-refractivity contribution in [3.8, 4) is 50.2 Å². The Labute approximate surface area is 411 Å². The number of benzene rings is 11. The van der Waals surface area contributed by atoms with Gasteiger partial charge in [0.15, 0.2) is 0 Å². The van der Waals surface area contributed by atoms with Crippen molar-refractivity contribution in [1.82, 2.24) is 8.97 Å². The molecule has 1 spiro atoms. The SMILES string of the molecule is O=c1c2ccc(-c3ccccc3)cc2c2cccc3c4cc(-c5cccc6oc7ccc(-n8c9ccccc9c9cc%10c(cc98)-c8ccccc8C%108c9ccccc9-c9ccccc98)cc7c56)ccc4n1c23. The van der Waals surface area contributed by atoms with Crippen LogP contribution in [0.5, 0.6) is 0 Å². The van der Waals surface area contributed by atoms with E-state index in [0.29, 0.717) is 5.39 Å². The summed E-state index contributed by atoms with van der Waals surface area (Å²) in [5.74, 6) is 0. The van der Waals surface area contributed by atoms with Crippen molar-refractivity contribution < 1.29 is 4.42 Å². The Morgan fingerprint density at radius 2 is 0.958 bits per heavy atom. The number of fused-ring (bicyclic) bond motifs is 21. The number of rotatable bonds is 3. The second-order valence-corrected chi connectivity index (χ2v) is 19.8.